The van der Waals surface area contributed by atoms with Crippen molar-refractivity contribution in [3.05, 3.63) is 58.9 Å². The molecule has 0 amide bonds. The van der Waals surface area contributed by atoms with Crippen molar-refractivity contribution in [1.82, 2.24) is 5.32 Å². The molecule has 7 heteroatoms. The second-order valence-corrected chi connectivity index (χ2v) is 5.91. The lowest BCUT2D eigenvalue weighted by molar-refractivity contribution is -0.0432. The normalized spacial score (nSPS) is 18.1. The molecule has 0 aromatic heterocycles. The minimum Gasteiger partial charge on any atom is -0.497 e. The highest BCUT2D eigenvalue weighted by atomic mass is 35.5. The summed E-state index contributed by atoms with van der Waals surface area (Å²) in [6.45, 7) is 2.06. The molecule has 136 valence electrons. The monoisotopic (exact) mass is 387 g/mol. The highest BCUT2D eigenvalue weighted by molar-refractivity contribution is 6.32. The molecule has 1 heterocycles. The first-order valence-electron chi connectivity index (χ1n) is 7.75. The zero-order valence-corrected chi connectivity index (χ0v) is 15.3. The zero-order valence-electron chi connectivity index (χ0n) is 13.7. The van der Waals surface area contributed by atoms with Crippen molar-refractivity contribution in [3.8, 4) is 11.5 Å². The van der Waals surface area contributed by atoms with Gasteiger partial charge in [0.05, 0.1) is 18.7 Å². The Labute approximate surface area is 157 Å². The van der Waals surface area contributed by atoms with Gasteiger partial charge in [-0.1, -0.05) is 23.7 Å². The molecule has 4 nitrogen and oxygen atoms in total. The molecule has 0 spiro atoms. The van der Waals surface area contributed by atoms with Crippen LogP contribution >= 0.6 is 24.0 Å². The Morgan fingerprint density at radius 1 is 1.28 bits per heavy atom. The topological polar surface area (TPSA) is 39.7 Å². The Hall–Kier alpha value is -1.53. The molecule has 1 aliphatic rings. The summed E-state index contributed by atoms with van der Waals surface area (Å²) in [6, 6.07) is 11.7. The van der Waals surface area contributed by atoms with Crippen LogP contribution in [0.15, 0.2) is 42.5 Å². The van der Waals surface area contributed by atoms with E-state index in [1.54, 1.807) is 7.11 Å². The van der Waals surface area contributed by atoms with Gasteiger partial charge in [-0.15, -0.1) is 12.4 Å². The van der Waals surface area contributed by atoms with Gasteiger partial charge in [0.15, 0.2) is 6.10 Å². The van der Waals surface area contributed by atoms with E-state index >= 15 is 0 Å². The van der Waals surface area contributed by atoms with E-state index in [2.05, 4.69) is 5.32 Å². The summed E-state index contributed by atoms with van der Waals surface area (Å²) in [5.74, 6) is 0.746. The quantitative estimate of drug-likeness (QED) is 0.840. The van der Waals surface area contributed by atoms with Crippen LogP contribution in [0.5, 0.6) is 11.5 Å². The summed E-state index contributed by atoms with van der Waals surface area (Å²) >= 11 is 6.11. The smallest absolute Gasteiger partial charge is 0.151 e. The summed E-state index contributed by atoms with van der Waals surface area (Å²) in [5, 5.41) is 3.52. The minimum atomic E-state index is -0.402. The molecule has 2 aromatic rings. The fourth-order valence-corrected chi connectivity index (χ4v) is 2.88. The average Bonchev–Trinajstić information content (AvgIpc) is 2.62. The van der Waals surface area contributed by atoms with Crippen LogP contribution < -0.4 is 14.8 Å². The molecule has 1 N–H and O–H groups in total. The van der Waals surface area contributed by atoms with Crippen LogP contribution in [0.4, 0.5) is 4.39 Å². The van der Waals surface area contributed by atoms with Gasteiger partial charge in [-0.05, 0) is 35.9 Å². The van der Waals surface area contributed by atoms with Crippen LogP contribution in [0, 0.1) is 5.82 Å². The van der Waals surface area contributed by atoms with Gasteiger partial charge >= 0.3 is 0 Å². The van der Waals surface area contributed by atoms with E-state index in [0.717, 1.165) is 17.9 Å². The predicted molar refractivity (Wildman–Crippen MR) is 97.6 cm³/mol. The fraction of sp³-hybridized carbons (Fsp3) is 0.333. The molecular formula is C18H20Cl2FNO3. The van der Waals surface area contributed by atoms with Gasteiger partial charge in [0, 0.05) is 13.1 Å². The van der Waals surface area contributed by atoms with Crippen LogP contribution in [0.25, 0.3) is 0 Å². The third kappa shape index (κ3) is 4.98. The van der Waals surface area contributed by atoms with Crippen molar-refractivity contribution in [2.45, 2.75) is 12.2 Å². The van der Waals surface area contributed by atoms with E-state index in [1.807, 2.05) is 24.3 Å². The SMILES string of the molecule is COc1cccc(C(Oc2ccc(F)cc2Cl)[C@@H]2CNCCO2)c1.Cl. The predicted octanol–water partition coefficient (Wildman–Crippen LogP) is 4.02. The second kappa shape index (κ2) is 9.25. The van der Waals surface area contributed by atoms with Gasteiger partial charge in [0.25, 0.3) is 0 Å². The number of hydrogen-bond donors (Lipinski definition) is 1. The van der Waals surface area contributed by atoms with E-state index in [0.29, 0.717) is 18.9 Å². The van der Waals surface area contributed by atoms with Crippen LogP contribution in [0.2, 0.25) is 5.02 Å². The molecule has 2 atom stereocenters. The molecule has 0 bridgehead atoms. The average molecular weight is 388 g/mol. The number of morpholine rings is 1. The summed E-state index contributed by atoms with van der Waals surface area (Å²) in [4.78, 5) is 0. The molecule has 25 heavy (non-hydrogen) atoms. The molecule has 1 aliphatic heterocycles. The van der Waals surface area contributed by atoms with Crippen LogP contribution in [0.1, 0.15) is 11.7 Å². The minimum absolute atomic E-state index is 0. The van der Waals surface area contributed by atoms with Crippen molar-refractivity contribution in [1.29, 1.82) is 0 Å². The number of rotatable bonds is 5. The van der Waals surface area contributed by atoms with Gasteiger partial charge in [0.2, 0.25) is 0 Å². The van der Waals surface area contributed by atoms with Crippen molar-refractivity contribution in [3.63, 3.8) is 0 Å². The molecule has 0 saturated carbocycles. The van der Waals surface area contributed by atoms with Crippen molar-refractivity contribution in [2.24, 2.45) is 0 Å². The number of hydrogen-bond acceptors (Lipinski definition) is 4. The highest BCUT2D eigenvalue weighted by Crippen LogP contribution is 2.33. The Balaban J connectivity index is 0.00000225. The summed E-state index contributed by atoms with van der Waals surface area (Å²) in [5.41, 5.74) is 0.906. The molecule has 0 radical (unpaired) electrons. The molecule has 1 saturated heterocycles. The lowest BCUT2D eigenvalue weighted by Gasteiger charge is -2.32. The van der Waals surface area contributed by atoms with Gasteiger partial charge < -0.3 is 19.5 Å². The maximum Gasteiger partial charge on any atom is 0.151 e. The van der Waals surface area contributed by atoms with Gasteiger partial charge in [-0.25, -0.2) is 4.39 Å². The number of benzene rings is 2. The van der Waals surface area contributed by atoms with E-state index in [9.17, 15) is 4.39 Å². The van der Waals surface area contributed by atoms with E-state index in [-0.39, 0.29) is 23.5 Å². The van der Waals surface area contributed by atoms with Crippen molar-refractivity contribution in [2.75, 3.05) is 26.8 Å². The number of halogens is 3. The largest absolute Gasteiger partial charge is 0.497 e. The van der Waals surface area contributed by atoms with Crippen LogP contribution in [-0.2, 0) is 4.74 Å². The molecule has 3 rings (SSSR count). The first kappa shape index (κ1) is 19.8. The van der Waals surface area contributed by atoms with E-state index in [4.69, 9.17) is 25.8 Å². The summed E-state index contributed by atoms with van der Waals surface area (Å²) < 4.78 is 30.5. The lowest BCUT2D eigenvalue weighted by atomic mass is 10.0. The highest BCUT2D eigenvalue weighted by Gasteiger charge is 2.29. The first-order chi connectivity index (χ1) is 11.7. The molecule has 1 unspecified atom stereocenters. The molecule has 0 aliphatic carbocycles. The zero-order chi connectivity index (χ0) is 16.9. The third-order valence-corrected chi connectivity index (χ3v) is 4.16. The van der Waals surface area contributed by atoms with Gasteiger partial charge in [-0.2, -0.15) is 0 Å². The van der Waals surface area contributed by atoms with Gasteiger partial charge in [0.1, 0.15) is 23.4 Å². The number of ether oxygens (including phenoxy) is 3. The summed E-state index contributed by atoms with van der Waals surface area (Å²) in [7, 11) is 1.62. The Morgan fingerprint density at radius 3 is 2.80 bits per heavy atom. The van der Waals surface area contributed by atoms with Crippen molar-refractivity contribution < 1.29 is 18.6 Å². The fourth-order valence-electron chi connectivity index (χ4n) is 2.66. The number of nitrogens with one attached hydrogen (secondary N) is 1. The van der Waals surface area contributed by atoms with E-state index < -0.39 is 11.9 Å². The van der Waals surface area contributed by atoms with Crippen LogP contribution in [0.3, 0.4) is 0 Å². The molecular weight excluding hydrogens is 368 g/mol. The maximum atomic E-state index is 13.3. The van der Waals surface area contributed by atoms with Crippen LogP contribution in [-0.4, -0.2) is 32.9 Å². The summed E-state index contributed by atoms with van der Waals surface area (Å²) in [6.07, 6.45) is -0.581. The van der Waals surface area contributed by atoms with Gasteiger partial charge in [-0.3, -0.25) is 0 Å². The Kier molecular flexibility index (Phi) is 7.32. The Bertz CT molecular complexity index is 696. The Morgan fingerprint density at radius 2 is 2.12 bits per heavy atom. The molecule has 1 fully saturated rings. The maximum absolute atomic E-state index is 13.3. The standard InChI is InChI=1S/C18H19ClFNO3.ClH/c1-22-14-4-2-3-12(9-14)18(17-11-21-7-8-23-17)24-16-6-5-13(20)10-15(16)19;/h2-6,9-10,17-18,21H,7-8,11H2,1H3;1H/t17-,18?;/m0./s1. The number of methoxy groups -OCH3 is 1. The van der Waals surface area contributed by atoms with E-state index in [1.165, 1.54) is 18.2 Å². The third-order valence-electron chi connectivity index (χ3n) is 3.86. The second-order valence-electron chi connectivity index (χ2n) is 5.50. The molecule has 2 aromatic carbocycles. The van der Waals surface area contributed by atoms with Crippen molar-refractivity contribution >= 4 is 24.0 Å². The lowest BCUT2D eigenvalue weighted by Crippen LogP contribution is -2.43. The first-order valence-corrected chi connectivity index (χ1v) is 8.13.